The molecule has 0 spiro atoms. The lowest BCUT2D eigenvalue weighted by atomic mass is 9.98. The second kappa shape index (κ2) is 5.59. The summed E-state index contributed by atoms with van der Waals surface area (Å²) in [7, 11) is 0. The van der Waals surface area contributed by atoms with Gasteiger partial charge in [0.25, 0.3) is 0 Å². The predicted octanol–water partition coefficient (Wildman–Crippen LogP) is 3.51. The Morgan fingerprint density at radius 3 is 2.00 bits per heavy atom. The average molecular weight is 274 g/mol. The molecule has 1 aromatic heterocycles. The van der Waals surface area contributed by atoms with E-state index in [-0.39, 0.29) is 0 Å². The van der Waals surface area contributed by atoms with Crippen molar-refractivity contribution in [2.24, 2.45) is 5.73 Å². The molecule has 3 rings (SSSR count). The molecule has 0 fully saturated rings. The van der Waals surface area contributed by atoms with Gasteiger partial charge in [-0.1, -0.05) is 60.7 Å². The summed E-state index contributed by atoms with van der Waals surface area (Å²) in [4.78, 5) is 15.9. The van der Waals surface area contributed by atoms with Crippen molar-refractivity contribution in [2.45, 2.75) is 0 Å². The van der Waals surface area contributed by atoms with Gasteiger partial charge >= 0.3 is 0 Å². The van der Waals surface area contributed by atoms with Crippen LogP contribution in [0.3, 0.4) is 0 Å². The van der Waals surface area contributed by atoms with Crippen LogP contribution in [0.4, 0.5) is 0 Å². The monoisotopic (exact) mass is 274 g/mol. The molecule has 0 radical (unpaired) electrons. The molecule has 3 heteroatoms. The number of aromatic nitrogens is 1. The highest BCUT2D eigenvalue weighted by molar-refractivity contribution is 5.95. The van der Waals surface area contributed by atoms with Crippen LogP contribution < -0.4 is 5.73 Å². The number of nitrogens with zero attached hydrogens (tertiary/aromatic N) is 1. The molecule has 102 valence electrons. The molecule has 0 atom stereocenters. The summed E-state index contributed by atoms with van der Waals surface area (Å²) in [6.07, 6.45) is 1.52. The third kappa shape index (κ3) is 2.67. The van der Waals surface area contributed by atoms with E-state index in [0.29, 0.717) is 5.56 Å². The van der Waals surface area contributed by atoms with E-state index < -0.39 is 5.91 Å². The van der Waals surface area contributed by atoms with Gasteiger partial charge in [-0.3, -0.25) is 9.78 Å². The minimum absolute atomic E-state index is 0.411. The van der Waals surface area contributed by atoms with Crippen molar-refractivity contribution < 1.29 is 4.79 Å². The zero-order valence-corrected chi connectivity index (χ0v) is 11.4. The molecule has 0 aliphatic rings. The standard InChI is InChI=1S/C18H14N2O/c19-18(21)15-11-16(13-7-3-1-4-8-13)17(20-12-15)14-9-5-2-6-10-14/h1-12H,(H2,19,21). The van der Waals surface area contributed by atoms with Crippen LogP contribution in [0.2, 0.25) is 0 Å². The fourth-order valence-electron chi connectivity index (χ4n) is 2.26. The Hall–Kier alpha value is -2.94. The number of rotatable bonds is 3. The normalized spacial score (nSPS) is 10.3. The van der Waals surface area contributed by atoms with E-state index in [0.717, 1.165) is 22.4 Å². The molecule has 0 unspecified atom stereocenters. The Labute approximate surface area is 123 Å². The van der Waals surface area contributed by atoms with Crippen molar-refractivity contribution >= 4 is 5.91 Å². The predicted molar refractivity (Wildman–Crippen MR) is 83.6 cm³/mol. The molecule has 1 heterocycles. The number of nitrogens with two attached hydrogens (primary N) is 1. The Balaban J connectivity index is 2.23. The topological polar surface area (TPSA) is 56.0 Å². The van der Waals surface area contributed by atoms with Gasteiger partial charge in [-0.25, -0.2) is 0 Å². The summed E-state index contributed by atoms with van der Waals surface area (Å²) in [6.45, 7) is 0. The highest BCUT2D eigenvalue weighted by Crippen LogP contribution is 2.30. The van der Waals surface area contributed by atoms with E-state index in [1.165, 1.54) is 6.20 Å². The number of carbonyl (C=O) groups excluding carboxylic acids is 1. The number of benzene rings is 2. The van der Waals surface area contributed by atoms with Crippen LogP contribution in [0.5, 0.6) is 0 Å². The summed E-state index contributed by atoms with van der Waals surface area (Å²) in [5, 5.41) is 0. The van der Waals surface area contributed by atoms with E-state index >= 15 is 0 Å². The van der Waals surface area contributed by atoms with Crippen LogP contribution in [0.1, 0.15) is 10.4 Å². The van der Waals surface area contributed by atoms with Crippen LogP contribution in [-0.2, 0) is 0 Å². The Morgan fingerprint density at radius 2 is 1.43 bits per heavy atom. The van der Waals surface area contributed by atoms with Crippen molar-refractivity contribution in [3.05, 3.63) is 78.5 Å². The molecule has 0 aliphatic heterocycles. The van der Waals surface area contributed by atoms with Crippen LogP contribution in [0.15, 0.2) is 72.9 Å². The second-order valence-electron chi connectivity index (χ2n) is 4.72. The summed E-state index contributed by atoms with van der Waals surface area (Å²) >= 11 is 0. The molecule has 0 saturated heterocycles. The molecule has 0 bridgehead atoms. The Bertz CT molecular complexity index is 768. The zero-order chi connectivity index (χ0) is 14.7. The summed E-state index contributed by atoms with van der Waals surface area (Å²) < 4.78 is 0. The van der Waals surface area contributed by atoms with Gasteiger partial charge < -0.3 is 5.73 Å². The van der Waals surface area contributed by atoms with Gasteiger partial charge in [0.2, 0.25) is 5.91 Å². The third-order valence-electron chi connectivity index (χ3n) is 3.30. The summed E-state index contributed by atoms with van der Waals surface area (Å²) in [6, 6.07) is 21.6. The van der Waals surface area contributed by atoms with Crippen LogP contribution in [0.25, 0.3) is 22.4 Å². The van der Waals surface area contributed by atoms with Gasteiger partial charge in [-0.05, 0) is 11.6 Å². The van der Waals surface area contributed by atoms with E-state index in [1.807, 2.05) is 60.7 Å². The molecule has 2 N–H and O–H groups in total. The fraction of sp³-hybridized carbons (Fsp3) is 0. The van der Waals surface area contributed by atoms with Gasteiger partial charge in [0, 0.05) is 17.3 Å². The van der Waals surface area contributed by atoms with Crippen molar-refractivity contribution in [3.8, 4) is 22.4 Å². The van der Waals surface area contributed by atoms with Gasteiger partial charge in [0.15, 0.2) is 0 Å². The lowest BCUT2D eigenvalue weighted by Gasteiger charge is -2.10. The first-order valence-corrected chi connectivity index (χ1v) is 6.66. The highest BCUT2D eigenvalue weighted by Gasteiger charge is 2.12. The number of hydrogen-bond acceptors (Lipinski definition) is 2. The number of carbonyl (C=O) groups is 1. The van der Waals surface area contributed by atoms with Crippen LogP contribution in [-0.4, -0.2) is 10.9 Å². The number of primary amides is 1. The molecule has 1 amide bonds. The summed E-state index contributed by atoms with van der Waals surface area (Å²) in [5.74, 6) is -0.473. The van der Waals surface area contributed by atoms with Gasteiger partial charge in [-0.2, -0.15) is 0 Å². The van der Waals surface area contributed by atoms with Crippen LogP contribution >= 0.6 is 0 Å². The molecule has 3 nitrogen and oxygen atoms in total. The average Bonchev–Trinajstić information content (AvgIpc) is 2.56. The molecule has 2 aromatic carbocycles. The maximum atomic E-state index is 11.4. The minimum Gasteiger partial charge on any atom is -0.366 e. The number of hydrogen-bond donors (Lipinski definition) is 1. The first-order chi connectivity index (χ1) is 10.3. The molecular formula is C18H14N2O. The van der Waals surface area contributed by atoms with Crippen molar-refractivity contribution in [1.82, 2.24) is 4.98 Å². The lowest BCUT2D eigenvalue weighted by Crippen LogP contribution is -2.11. The number of pyridine rings is 1. The largest absolute Gasteiger partial charge is 0.366 e. The third-order valence-corrected chi connectivity index (χ3v) is 3.30. The Morgan fingerprint density at radius 1 is 0.857 bits per heavy atom. The fourth-order valence-corrected chi connectivity index (χ4v) is 2.26. The first kappa shape index (κ1) is 13.1. The highest BCUT2D eigenvalue weighted by atomic mass is 16.1. The smallest absolute Gasteiger partial charge is 0.250 e. The van der Waals surface area contributed by atoms with Crippen molar-refractivity contribution in [1.29, 1.82) is 0 Å². The molecular weight excluding hydrogens is 260 g/mol. The summed E-state index contributed by atoms with van der Waals surface area (Å²) in [5.41, 5.74) is 9.54. The lowest BCUT2D eigenvalue weighted by molar-refractivity contribution is 0.1000. The van der Waals surface area contributed by atoms with Gasteiger partial charge in [0.1, 0.15) is 0 Å². The maximum absolute atomic E-state index is 11.4. The zero-order valence-electron chi connectivity index (χ0n) is 11.4. The van der Waals surface area contributed by atoms with Crippen molar-refractivity contribution in [3.63, 3.8) is 0 Å². The van der Waals surface area contributed by atoms with E-state index in [2.05, 4.69) is 4.98 Å². The van der Waals surface area contributed by atoms with Crippen molar-refractivity contribution in [2.75, 3.05) is 0 Å². The SMILES string of the molecule is NC(=O)c1cnc(-c2ccccc2)c(-c2ccccc2)c1. The first-order valence-electron chi connectivity index (χ1n) is 6.66. The quantitative estimate of drug-likeness (QED) is 0.794. The molecule has 0 aliphatic carbocycles. The van der Waals surface area contributed by atoms with E-state index in [4.69, 9.17) is 5.73 Å². The molecule has 0 saturated carbocycles. The Kier molecular flexibility index (Phi) is 3.48. The number of amides is 1. The minimum atomic E-state index is -0.473. The second-order valence-corrected chi connectivity index (χ2v) is 4.72. The van der Waals surface area contributed by atoms with E-state index in [1.54, 1.807) is 6.07 Å². The van der Waals surface area contributed by atoms with E-state index in [9.17, 15) is 4.79 Å². The molecule has 21 heavy (non-hydrogen) atoms. The van der Waals surface area contributed by atoms with Crippen LogP contribution in [0, 0.1) is 0 Å². The van der Waals surface area contributed by atoms with Gasteiger partial charge in [-0.15, -0.1) is 0 Å². The molecule has 3 aromatic rings. The van der Waals surface area contributed by atoms with Gasteiger partial charge in [0.05, 0.1) is 11.3 Å². The maximum Gasteiger partial charge on any atom is 0.250 e.